The predicted octanol–water partition coefficient (Wildman–Crippen LogP) is 3.00. The smallest absolute Gasteiger partial charge is 0.141 e. The van der Waals surface area contributed by atoms with Crippen molar-refractivity contribution in [3.05, 3.63) is 23.8 Å². The fourth-order valence-electron chi connectivity index (χ4n) is 1.59. The van der Waals surface area contributed by atoms with Gasteiger partial charge < -0.3 is 15.2 Å². The van der Waals surface area contributed by atoms with Crippen LogP contribution in [0.1, 0.15) is 26.3 Å². The average Bonchev–Trinajstić information content (AvgIpc) is 2.34. The first-order valence-corrected chi connectivity index (χ1v) is 6.58. The second kappa shape index (κ2) is 6.30. The van der Waals surface area contributed by atoms with Crippen molar-refractivity contribution in [2.75, 3.05) is 24.9 Å². The molecule has 1 aromatic carbocycles. The van der Waals surface area contributed by atoms with Gasteiger partial charge in [0.25, 0.3) is 0 Å². The average molecular weight is 272 g/mol. The van der Waals surface area contributed by atoms with Crippen LogP contribution in [0.5, 0.6) is 5.75 Å². The van der Waals surface area contributed by atoms with E-state index in [1.165, 1.54) is 5.56 Å². The molecule has 4 heteroatoms. The molecule has 0 aromatic heterocycles. The van der Waals surface area contributed by atoms with Crippen molar-refractivity contribution in [2.24, 2.45) is 0 Å². The van der Waals surface area contributed by atoms with E-state index < -0.39 is 6.10 Å². The lowest BCUT2D eigenvalue weighted by Gasteiger charge is -2.22. The summed E-state index contributed by atoms with van der Waals surface area (Å²) in [4.78, 5) is 0. The molecule has 1 rings (SSSR count). The molecule has 0 fully saturated rings. The van der Waals surface area contributed by atoms with E-state index in [9.17, 15) is 5.11 Å². The summed E-state index contributed by atoms with van der Waals surface area (Å²) >= 11 is 5.57. The number of methoxy groups -OCH3 is 1. The number of aliphatic hydroxyl groups excluding tert-OH is 1. The number of nitrogens with one attached hydrogen (secondary N) is 1. The van der Waals surface area contributed by atoms with Crippen LogP contribution < -0.4 is 10.1 Å². The highest BCUT2D eigenvalue weighted by Gasteiger charge is 2.16. The van der Waals surface area contributed by atoms with Crippen LogP contribution in [0.2, 0.25) is 0 Å². The van der Waals surface area contributed by atoms with E-state index in [1.807, 2.05) is 6.07 Å². The molecule has 1 unspecified atom stereocenters. The maximum atomic E-state index is 9.48. The number of ether oxygens (including phenoxy) is 1. The van der Waals surface area contributed by atoms with Gasteiger partial charge >= 0.3 is 0 Å². The van der Waals surface area contributed by atoms with Crippen LogP contribution in [0, 0.1) is 0 Å². The highest BCUT2D eigenvalue weighted by Crippen LogP contribution is 2.31. The minimum Gasteiger partial charge on any atom is -0.495 e. The molecule has 0 aliphatic carbocycles. The van der Waals surface area contributed by atoms with E-state index in [2.05, 4.69) is 38.2 Å². The van der Waals surface area contributed by atoms with E-state index in [0.717, 1.165) is 11.4 Å². The van der Waals surface area contributed by atoms with E-state index in [-0.39, 0.29) is 11.3 Å². The van der Waals surface area contributed by atoms with Gasteiger partial charge in [-0.25, -0.2) is 0 Å². The van der Waals surface area contributed by atoms with Gasteiger partial charge in [-0.15, -0.1) is 11.6 Å². The topological polar surface area (TPSA) is 41.5 Å². The summed E-state index contributed by atoms with van der Waals surface area (Å²) in [5.74, 6) is 0.985. The largest absolute Gasteiger partial charge is 0.495 e. The van der Waals surface area contributed by atoms with Gasteiger partial charge in [-0.1, -0.05) is 26.8 Å². The molecule has 0 aliphatic heterocycles. The molecule has 0 heterocycles. The van der Waals surface area contributed by atoms with Gasteiger partial charge in [0.05, 0.1) is 24.8 Å². The first kappa shape index (κ1) is 15.1. The zero-order valence-electron chi connectivity index (χ0n) is 11.5. The molecule has 2 N–H and O–H groups in total. The fraction of sp³-hybridized carbons (Fsp3) is 0.571. The number of rotatable bonds is 5. The molecule has 0 bridgehead atoms. The van der Waals surface area contributed by atoms with Gasteiger partial charge in [0, 0.05) is 6.54 Å². The van der Waals surface area contributed by atoms with E-state index >= 15 is 0 Å². The molecule has 0 saturated carbocycles. The monoisotopic (exact) mass is 271 g/mol. The molecule has 3 nitrogen and oxygen atoms in total. The summed E-state index contributed by atoms with van der Waals surface area (Å²) < 4.78 is 5.30. The van der Waals surface area contributed by atoms with E-state index in [4.69, 9.17) is 16.3 Å². The highest BCUT2D eigenvalue weighted by atomic mass is 35.5. The summed E-state index contributed by atoms with van der Waals surface area (Å²) in [6, 6.07) is 6.05. The Morgan fingerprint density at radius 3 is 2.56 bits per heavy atom. The van der Waals surface area contributed by atoms with Crippen LogP contribution in [0.4, 0.5) is 5.69 Å². The van der Waals surface area contributed by atoms with Crippen molar-refractivity contribution in [2.45, 2.75) is 32.3 Å². The quantitative estimate of drug-likeness (QED) is 0.809. The minimum absolute atomic E-state index is 0.0772. The first-order chi connectivity index (χ1) is 8.38. The summed E-state index contributed by atoms with van der Waals surface area (Å²) in [5, 5.41) is 12.6. The fourth-order valence-corrected chi connectivity index (χ4v) is 1.70. The molecule has 0 saturated heterocycles. The van der Waals surface area contributed by atoms with Crippen LogP contribution in [0.3, 0.4) is 0 Å². The second-order valence-electron chi connectivity index (χ2n) is 5.35. The van der Waals surface area contributed by atoms with Crippen molar-refractivity contribution >= 4 is 17.3 Å². The summed E-state index contributed by atoms with van der Waals surface area (Å²) in [7, 11) is 1.63. The zero-order valence-corrected chi connectivity index (χ0v) is 12.2. The SMILES string of the molecule is COc1ccc(C(C)(C)C)cc1NCC(O)CCl. The number of halogens is 1. The van der Waals surface area contributed by atoms with Gasteiger partial charge in [0.15, 0.2) is 0 Å². The van der Waals surface area contributed by atoms with Crippen LogP contribution in [-0.2, 0) is 5.41 Å². The van der Waals surface area contributed by atoms with Crippen LogP contribution >= 0.6 is 11.6 Å². The number of benzene rings is 1. The van der Waals surface area contributed by atoms with E-state index in [1.54, 1.807) is 7.11 Å². The first-order valence-electron chi connectivity index (χ1n) is 6.05. The number of anilines is 1. The van der Waals surface area contributed by atoms with Gasteiger partial charge in [0.1, 0.15) is 5.75 Å². The van der Waals surface area contributed by atoms with Crippen molar-refractivity contribution in [1.82, 2.24) is 0 Å². The number of aliphatic hydroxyl groups is 1. The maximum Gasteiger partial charge on any atom is 0.141 e. The third-order valence-corrected chi connectivity index (χ3v) is 3.13. The Morgan fingerprint density at radius 1 is 1.39 bits per heavy atom. The van der Waals surface area contributed by atoms with Crippen molar-refractivity contribution in [3.63, 3.8) is 0 Å². The Kier molecular flexibility index (Phi) is 5.29. The molecular weight excluding hydrogens is 250 g/mol. The van der Waals surface area contributed by atoms with Gasteiger partial charge in [0.2, 0.25) is 0 Å². The predicted molar refractivity (Wildman–Crippen MR) is 76.9 cm³/mol. The molecule has 18 heavy (non-hydrogen) atoms. The van der Waals surface area contributed by atoms with E-state index in [0.29, 0.717) is 6.54 Å². The van der Waals surface area contributed by atoms with Crippen molar-refractivity contribution < 1.29 is 9.84 Å². The number of hydrogen-bond acceptors (Lipinski definition) is 3. The maximum absolute atomic E-state index is 9.48. The van der Waals surface area contributed by atoms with Crippen LogP contribution in [-0.4, -0.2) is 30.7 Å². The molecule has 102 valence electrons. The van der Waals surface area contributed by atoms with Crippen molar-refractivity contribution in [3.8, 4) is 5.75 Å². The standard InChI is InChI=1S/C14H22ClNO2/c1-14(2,3)10-5-6-13(18-4)12(7-10)16-9-11(17)8-15/h5-7,11,16-17H,8-9H2,1-4H3. The normalized spacial score (nSPS) is 13.2. The van der Waals surface area contributed by atoms with Crippen LogP contribution in [0.25, 0.3) is 0 Å². The van der Waals surface area contributed by atoms with Crippen LogP contribution in [0.15, 0.2) is 18.2 Å². The summed E-state index contributed by atoms with van der Waals surface area (Å²) in [6.45, 7) is 6.89. The van der Waals surface area contributed by atoms with Gasteiger partial charge in [-0.3, -0.25) is 0 Å². The zero-order chi connectivity index (χ0) is 13.8. The molecule has 0 radical (unpaired) electrons. The van der Waals surface area contributed by atoms with Gasteiger partial charge in [-0.2, -0.15) is 0 Å². The third kappa shape index (κ3) is 4.07. The molecule has 0 spiro atoms. The van der Waals surface area contributed by atoms with Crippen molar-refractivity contribution in [1.29, 1.82) is 0 Å². The Hall–Kier alpha value is -0.930. The summed E-state index contributed by atoms with van der Waals surface area (Å²) in [6.07, 6.45) is -0.560. The Labute approximate surface area is 114 Å². The lowest BCUT2D eigenvalue weighted by Crippen LogP contribution is -2.21. The molecule has 0 amide bonds. The van der Waals surface area contributed by atoms with Gasteiger partial charge in [-0.05, 0) is 23.1 Å². The Bertz CT molecular complexity index is 388. The third-order valence-electron chi connectivity index (χ3n) is 2.77. The lowest BCUT2D eigenvalue weighted by molar-refractivity contribution is 0.211. The molecule has 1 aromatic rings. The molecule has 0 aliphatic rings. The minimum atomic E-state index is -0.560. The Morgan fingerprint density at radius 2 is 2.06 bits per heavy atom. The molecular formula is C14H22ClNO2. The number of alkyl halides is 1. The second-order valence-corrected chi connectivity index (χ2v) is 5.66. The molecule has 1 atom stereocenters. The highest BCUT2D eigenvalue weighted by molar-refractivity contribution is 6.18. The Balaban J connectivity index is 2.92. The number of hydrogen-bond donors (Lipinski definition) is 2. The summed E-state index contributed by atoms with van der Waals surface area (Å²) in [5.41, 5.74) is 2.17. The lowest BCUT2D eigenvalue weighted by atomic mass is 9.87.